The second kappa shape index (κ2) is 5.64. The van der Waals surface area contributed by atoms with Crippen LogP contribution in [0, 0.1) is 0 Å². The molecule has 0 fully saturated rings. The molecule has 0 atom stereocenters. The molecule has 18 heavy (non-hydrogen) atoms. The number of benzene rings is 1. The lowest BCUT2D eigenvalue weighted by atomic mass is 10.2. The first kappa shape index (κ1) is 12.6. The molecule has 4 nitrogen and oxygen atoms in total. The minimum absolute atomic E-state index is 0.160. The molecule has 0 aliphatic heterocycles. The molecule has 0 saturated heterocycles. The van der Waals surface area contributed by atoms with Crippen LogP contribution in [-0.2, 0) is 0 Å². The summed E-state index contributed by atoms with van der Waals surface area (Å²) in [5.74, 6) is 0.504. The molecule has 0 aliphatic rings. The van der Waals surface area contributed by atoms with Crippen molar-refractivity contribution in [3.05, 3.63) is 52.6 Å². The normalized spacial score (nSPS) is 9.89. The van der Waals surface area contributed by atoms with E-state index >= 15 is 0 Å². The van der Waals surface area contributed by atoms with Gasteiger partial charge in [0.15, 0.2) is 0 Å². The van der Waals surface area contributed by atoms with Gasteiger partial charge in [0.05, 0.1) is 0 Å². The van der Waals surface area contributed by atoms with Gasteiger partial charge in [-0.15, -0.1) is 0 Å². The van der Waals surface area contributed by atoms with Crippen LogP contribution >= 0.6 is 15.9 Å². The van der Waals surface area contributed by atoms with Crippen molar-refractivity contribution in [2.45, 2.75) is 0 Å². The van der Waals surface area contributed by atoms with E-state index in [0.717, 1.165) is 10.2 Å². The lowest BCUT2D eigenvalue weighted by Crippen LogP contribution is -2.12. The predicted octanol–water partition coefficient (Wildman–Crippen LogP) is 3.14. The Hall–Kier alpha value is -1.88. The molecule has 0 unspecified atom stereocenters. The fourth-order valence-electron chi connectivity index (χ4n) is 1.48. The number of hydrogen-bond donors (Lipinski definition) is 2. The minimum atomic E-state index is -0.160. The van der Waals surface area contributed by atoms with Crippen molar-refractivity contribution in [2.24, 2.45) is 0 Å². The molecule has 1 aromatic carbocycles. The second-order valence-electron chi connectivity index (χ2n) is 3.64. The van der Waals surface area contributed by atoms with Crippen molar-refractivity contribution in [3.63, 3.8) is 0 Å². The van der Waals surface area contributed by atoms with Gasteiger partial charge in [-0.3, -0.25) is 4.79 Å². The first-order valence-electron chi connectivity index (χ1n) is 5.40. The summed E-state index contributed by atoms with van der Waals surface area (Å²) >= 11 is 3.36. The van der Waals surface area contributed by atoms with Crippen LogP contribution in [0.15, 0.2) is 47.1 Å². The molecule has 0 spiro atoms. The van der Waals surface area contributed by atoms with E-state index in [1.54, 1.807) is 25.4 Å². The summed E-state index contributed by atoms with van der Waals surface area (Å²) in [6, 6.07) is 10.8. The first-order chi connectivity index (χ1) is 8.69. The van der Waals surface area contributed by atoms with E-state index < -0.39 is 0 Å². The maximum Gasteiger partial charge on any atom is 0.255 e. The van der Waals surface area contributed by atoms with Crippen molar-refractivity contribution < 1.29 is 4.79 Å². The third-order valence-electron chi connectivity index (χ3n) is 2.36. The van der Waals surface area contributed by atoms with Crippen LogP contribution in [0.3, 0.4) is 0 Å². The average molecular weight is 306 g/mol. The monoisotopic (exact) mass is 305 g/mol. The van der Waals surface area contributed by atoms with Crippen molar-refractivity contribution in [1.29, 1.82) is 0 Å². The van der Waals surface area contributed by atoms with Gasteiger partial charge in [-0.25, -0.2) is 4.98 Å². The largest absolute Gasteiger partial charge is 0.373 e. The number of pyridine rings is 1. The van der Waals surface area contributed by atoms with Crippen LogP contribution in [0.2, 0.25) is 0 Å². The van der Waals surface area contributed by atoms with E-state index in [4.69, 9.17) is 0 Å². The highest BCUT2D eigenvalue weighted by molar-refractivity contribution is 9.10. The number of halogens is 1. The number of nitrogens with zero attached hydrogens (tertiary/aromatic N) is 1. The molecule has 2 rings (SSSR count). The van der Waals surface area contributed by atoms with E-state index in [1.165, 1.54) is 0 Å². The quantitative estimate of drug-likeness (QED) is 0.916. The first-order valence-corrected chi connectivity index (χ1v) is 6.19. The SMILES string of the molecule is CNc1cc(C(=O)Nc2cccc(Br)c2)ccn1. The van der Waals surface area contributed by atoms with Crippen molar-refractivity contribution in [2.75, 3.05) is 17.7 Å². The molecule has 1 amide bonds. The molecule has 1 heterocycles. The van der Waals surface area contributed by atoms with Gasteiger partial charge in [0, 0.05) is 29.0 Å². The topological polar surface area (TPSA) is 54.0 Å². The summed E-state index contributed by atoms with van der Waals surface area (Å²) in [7, 11) is 1.76. The summed E-state index contributed by atoms with van der Waals surface area (Å²) < 4.78 is 0.922. The molecule has 92 valence electrons. The number of aromatic nitrogens is 1. The highest BCUT2D eigenvalue weighted by Gasteiger charge is 2.07. The average Bonchev–Trinajstić information content (AvgIpc) is 2.39. The van der Waals surface area contributed by atoms with E-state index in [0.29, 0.717) is 11.4 Å². The van der Waals surface area contributed by atoms with Gasteiger partial charge < -0.3 is 10.6 Å². The Labute approximate surface area is 114 Å². The molecular weight excluding hydrogens is 294 g/mol. The zero-order valence-corrected chi connectivity index (χ0v) is 11.4. The standard InChI is InChI=1S/C13H12BrN3O/c1-15-12-7-9(5-6-16-12)13(18)17-11-4-2-3-10(14)8-11/h2-8H,1H3,(H,15,16)(H,17,18). The third kappa shape index (κ3) is 3.07. The van der Waals surface area contributed by atoms with Gasteiger partial charge in [0.1, 0.15) is 5.82 Å². The smallest absolute Gasteiger partial charge is 0.255 e. The van der Waals surface area contributed by atoms with Crippen molar-refractivity contribution >= 4 is 33.3 Å². The Kier molecular flexibility index (Phi) is 3.94. The predicted molar refractivity (Wildman–Crippen MR) is 75.9 cm³/mol. The van der Waals surface area contributed by atoms with Gasteiger partial charge in [-0.1, -0.05) is 22.0 Å². The van der Waals surface area contributed by atoms with Gasteiger partial charge in [-0.2, -0.15) is 0 Å². The van der Waals surface area contributed by atoms with Crippen LogP contribution in [0.4, 0.5) is 11.5 Å². The fourth-order valence-corrected chi connectivity index (χ4v) is 1.88. The summed E-state index contributed by atoms with van der Waals surface area (Å²) in [6.07, 6.45) is 1.60. The Bertz CT molecular complexity index is 572. The van der Waals surface area contributed by atoms with E-state index in [-0.39, 0.29) is 5.91 Å². The minimum Gasteiger partial charge on any atom is -0.373 e. The number of carbonyl (C=O) groups is 1. The number of carbonyl (C=O) groups excluding carboxylic acids is 1. The number of hydrogen-bond acceptors (Lipinski definition) is 3. The number of amides is 1. The molecule has 0 bridgehead atoms. The highest BCUT2D eigenvalue weighted by atomic mass is 79.9. The van der Waals surface area contributed by atoms with Crippen LogP contribution < -0.4 is 10.6 Å². The molecule has 1 aromatic heterocycles. The lowest BCUT2D eigenvalue weighted by molar-refractivity contribution is 0.102. The Balaban J connectivity index is 2.16. The van der Waals surface area contributed by atoms with E-state index in [2.05, 4.69) is 31.5 Å². The number of nitrogens with one attached hydrogen (secondary N) is 2. The van der Waals surface area contributed by atoms with Gasteiger partial charge in [0.2, 0.25) is 0 Å². The molecule has 0 saturated carbocycles. The Morgan fingerprint density at radius 3 is 2.83 bits per heavy atom. The van der Waals surface area contributed by atoms with Crippen LogP contribution in [0.1, 0.15) is 10.4 Å². The van der Waals surface area contributed by atoms with Crippen LogP contribution in [-0.4, -0.2) is 17.9 Å². The zero-order chi connectivity index (χ0) is 13.0. The summed E-state index contributed by atoms with van der Waals surface area (Å²) in [5, 5.41) is 5.72. The maximum atomic E-state index is 12.0. The third-order valence-corrected chi connectivity index (χ3v) is 2.85. The number of anilines is 2. The molecule has 0 aliphatic carbocycles. The zero-order valence-electron chi connectivity index (χ0n) is 9.77. The summed E-state index contributed by atoms with van der Waals surface area (Å²) in [6.45, 7) is 0. The second-order valence-corrected chi connectivity index (χ2v) is 4.56. The van der Waals surface area contributed by atoms with Crippen molar-refractivity contribution in [3.8, 4) is 0 Å². The highest BCUT2D eigenvalue weighted by Crippen LogP contribution is 2.16. The van der Waals surface area contributed by atoms with Crippen LogP contribution in [0.25, 0.3) is 0 Å². The molecule has 5 heteroatoms. The Morgan fingerprint density at radius 2 is 2.11 bits per heavy atom. The van der Waals surface area contributed by atoms with E-state index in [1.807, 2.05) is 24.3 Å². The van der Waals surface area contributed by atoms with E-state index in [9.17, 15) is 4.79 Å². The van der Waals surface area contributed by atoms with Gasteiger partial charge in [-0.05, 0) is 30.3 Å². The number of rotatable bonds is 3. The summed E-state index contributed by atoms with van der Waals surface area (Å²) in [4.78, 5) is 16.1. The maximum absolute atomic E-state index is 12.0. The van der Waals surface area contributed by atoms with Crippen molar-refractivity contribution in [1.82, 2.24) is 4.98 Å². The molecule has 0 radical (unpaired) electrons. The Morgan fingerprint density at radius 1 is 1.28 bits per heavy atom. The summed E-state index contributed by atoms with van der Waals surface area (Å²) in [5.41, 5.74) is 1.31. The van der Waals surface area contributed by atoms with Gasteiger partial charge >= 0.3 is 0 Å². The lowest BCUT2D eigenvalue weighted by Gasteiger charge is -2.06. The van der Waals surface area contributed by atoms with Gasteiger partial charge in [0.25, 0.3) is 5.91 Å². The van der Waals surface area contributed by atoms with Crippen LogP contribution in [0.5, 0.6) is 0 Å². The molecular formula is C13H12BrN3O. The molecule has 2 N–H and O–H groups in total. The fraction of sp³-hybridized carbons (Fsp3) is 0.0769. The molecule has 2 aromatic rings.